The summed E-state index contributed by atoms with van der Waals surface area (Å²) in [4.78, 5) is 12.5. The Kier molecular flexibility index (Phi) is 5.31. The normalized spacial score (nSPS) is 11.2. The summed E-state index contributed by atoms with van der Waals surface area (Å²) in [7, 11) is 1.65. The number of nitrogens with zero attached hydrogens (tertiary/aromatic N) is 4. The zero-order chi connectivity index (χ0) is 18.5. The Bertz CT molecular complexity index is 923. The van der Waals surface area contributed by atoms with Crippen LogP contribution in [0.1, 0.15) is 34.1 Å². The minimum Gasteiger partial charge on any atom is -0.496 e. The highest BCUT2D eigenvalue weighted by Crippen LogP contribution is 2.22. The number of ketones is 1. The van der Waals surface area contributed by atoms with E-state index < -0.39 is 0 Å². The van der Waals surface area contributed by atoms with Gasteiger partial charge in [0.05, 0.1) is 24.9 Å². The zero-order valence-electron chi connectivity index (χ0n) is 15.2. The highest BCUT2D eigenvalue weighted by molar-refractivity contribution is 6.07. The lowest BCUT2D eigenvalue weighted by Crippen LogP contribution is -2.02. The van der Waals surface area contributed by atoms with E-state index in [2.05, 4.69) is 10.2 Å². The molecule has 134 valence electrons. The van der Waals surface area contributed by atoms with E-state index in [9.17, 15) is 4.79 Å². The molecule has 0 unspecified atom stereocenters. The predicted octanol–water partition coefficient (Wildman–Crippen LogP) is 3.36. The van der Waals surface area contributed by atoms with Gasteiger partial charge < -0.3 is 4.74 Å². The number of ether oxygens (including phenoxy) is 1. The predicted molar refractivity (Wildman–Crippen MR) is 100 cm³/mol. The highest BCUT2D eigenvalue weighted by Gasteiger charge is 2.10. The quantitative estimate of drug-likeness (QED) is 0.484. The second kappa shape index (κ2) is 7.82. The number of carbonyl (C=O) groups is 1. The molecule has 6 nitrogen and oxygen atoms in total. The second-order valence-corrected chi connectivity index (χ2v) is 5.96. The van der Waals surface area contributed by atoms with Crippen LogP contribution in [0.3, 0.4) is 0 Å². The minimum absolute atomic E-state index is 0.0494. The largest absolute Gasteiger partial charge is 0.496 e. The summed E-state index contributed by atoms with van der Waals surface area (Å²) in [6.07, 6.45) is 8.84. The summed E-state index contributed by atoms with van der Waals surface area (Å²) in [5, 5.41) is 8.55. The molecule has 6 heteroatoms. The molecule has 0 amide bonds. The standard InChI is InChI=1S/C20H22N4O2/c1-4-23-14-18(15(2)22-23)19(25)8-6-16-7-9-20(26-3)17(12-16)13-24-11-5-10-21-24/h5-12,14H,4,13H2,1-3H3. The number of allylic oxidation sites excluding steroid dienone is 1. The van der Waals surface area contributed by atoms with Crippen LogP contribution >= 0.6 is 0 Å². The summed E-state index contributed by atoms with van der Waals surface area (Å²) in [5.41, 5.74) is 3.31. The van der Waals surface area contributed by atoms with Crippen molar-refractivity contribution in [2.45, 2.75) is 26.9 Å². The summed E-state index contributed by atoms with van der Waals surface area (Å²) >= 11 is 0. The first-order chi connectivity index (χ1) is 12.6. The van der Waals surface area contributed by atoms with Crippen molar-refractivity contribution < 1.29 is 9.53 Å². The maximum absolute atomic E-state index is 12.5. The topological polar surface area (TPSA) is 61.9 Å². The molecule has 0 N–H and O–H groups in total. The van der Waals surface area contributed by atoms with Gasteiger partial charge in [0.25, 0.3) is 0 Å². The molecule has 0 saturated heterocycles. The Balaban J connectivity index is 1.81. The van der Waals surface area contributed by atoms with Gasteiger partial charge in [-0.25, -0.2) is 0 Å². The molecule has 0 bridgehead atoms. The summed E-state index contributed by atoms with van der Waals surface area (Å²) in [5.74, 6) is 0.746. The van der Waals surface area contributed by atoms with Gasteiger partial charge in [0, 0.05) is 30.7 Å². The van der Waals surface area contributed by atoms with Crippen LogP contribution in [0.15, 0.2) is 48.9 Å². The summed E-state index contributed by atoms with van der Waals surface area (Å²) in [6, 6.07) is 7.72. The van der Waals surface area contributed by atoms with Crippen LogP contribution in [0, 0.1) is 6.92 Å². The van der Waals surface area contributed by atoms with E-state index in [0.29, 0.717) is 12.1 Å². The molecule has 3 aromatic rings. The molecule has 1 aromatic carbocycles. The van der Waals surface area contributed by atoms with Gasteiger partial charge in [0.1, 0.15) is 5.75 Å². The number of hydrogen-bond donors (Lipinski definition) is 0. The van der Waals surface area contributed by atoms with Gasteiger partial charge in [-0.2, -0.15) is 10.2 Å². The van der Waals surface area contributed by atoms with Crippen LogP contribution < -0.4 is 4.74 Å². The first-order valence-corrected chi connectivity index (χ1v) is 8.51. The molecule has 0 radical (unpaired) electrons. The maximum atomic E-state index is 12.5. The second-order valence-electron chi connectivity index (χ2n) is 5.96. The van der Waals surface area contributed by atoms with E-state index >= 15 is 0 Å². The van der Waals surface area contributed by atoms with Gasteiger partial charge in [0.2, 0.25) is 0 Å². The van der Waals surface area contributed by atoms with Gasteiger partial charge in [-0.1, -0.05) is 12.1 Å². The average molecular weight is 350 g/mol. The lowest BCUT2D eigenvalue weighted by molar-refractivity contribution is 0.104. The van der Waals surface area contributed by atoms with E-state index in [1.165, 1.54) is 0 Å². The Morgan fingerprint density at radius 2 is 2.15 bits per heavy atom. The van der Waals surface area contributed by atoms with Crippen LogP contribution in [0.5, 0.6) is 5.75 Å². The Hall–Kier alpha value is -3.15. The van der Waals surface area contributed by atoms with Crippen LogP contribution in [0.4, 0.5) is 0 Å². The van der Waals surface area contributed by atoms with E-state index in [1.807, 2.05) is 55.1 Å². The van der Waals surface area contributed by atoms with Crippen molar-refractivity contribution in [3.63, 3.8) is 0 Å². The lowest BCUT2D eigenvalue weighted by Gasteiger charge is -2.09. The van der Waals surface area contributed by atoms with Crippen molar-refractivity contribution >= 4 is 11.9 Å². The average Bonchev–Trinajstić information content (AvgIpc) is 3.29. The monoisotopic (exact) mass is 350 g/mol. The first-order valence-electron chi connectivity index (χ1n) is 8.51. The molecular weight excluding hydrogens is 328 g/mol. The van der Waals surface area contributed by atoms with E-state index in [0.717, 1.165) is 29.1 Å². The summed E-state index contributed by atoms with van der Waals surface area (Å²) < 4.78 is 9.03. The zero-order valence-corrected chi connectivity index (χ0v) is 15.2. The number of hydrogen-bond acceptors (Lipinski definition) is 4. The minimum atomic E-state index is -0.0494. The van der Waals surface area contributed by atoms with E-state index in [4.69, 9.17) is 4.74 Å². The maximum Gasteiger partial charge on any atom is 0.189 e. The van der Waals surface area contributed by atoms with Crippen molar-refractivity contribution in [3.8, 4) is 5.75 Å². The Morgan fingerprint density at radius 1 is 1.31 bits per heavy atom. The SMILES string of the molecule is CCn1cc(C(=O)C=Cc2ccc(OC)c(Cn3cccn3)c2)c(C)n1. The smallest absolute Gasteiger partial charge is 0.189 e. The number of methoxy groups -OCH3 is 1. The molecule has 3 rings (SSSR count). The number of aromatic nitrogens is 4. The molecular formula is C20H22N4O2. The molecule has 0 saturated carbocycles. The van der Waals surface area contributed by atoms with Crippen molar-refractivity contribution in [2.75, 3.05) is 7.11 Å². The number of aryl methyl sites for hydroxylation is 2. The third-order valence-corrected chi connectivity index (χ3v) is 4.16. The molecule has 26 heavy (non-hydrogen) atoms. The molecule has 0 fully saturated rings. The molecule has 2 heterocycles. The van der Waals surface area contributed by atoms with Gasteiger partial charge in [-0.05, 0) is 43.7 Å². The van der Waals surface area contributed by atoms with Crippen LogP contribution in [-0.2, 0) is 13.1 Å². The van der Waals surface area contributed by atoms with Gasteiger partial charge in [0.15, 0.2) is 5.78 Å². The van der Waals surface area contributed by atoms with E-state index in [1.54, 1.807) is 30.3 Å². The molecule has 0 aliphatic heterocycles. The first kappa shape index (κ1) is 17.7. The fourth-order valence-corrected chi connectivity index (χ4v) is 2.78. The van der Waals surface area contributed by atoms with Crippen LogP contribution in [0.25, 0.3) is 6.08 Å². The molecule has 0 aliphatic carbocycles. The van der Waals surface area contributed by atoms with Gasteiger partial charge in [-0.3, -0.25) is 14.2 Å². The lowest BCUT2D eigenvalue weighted by atomic mass is 10.1. The number of rotatable bonds is 7. The number of carbonyl (C=O) groups excluding carboxylic acids is 1. The highest BCUT2D eigenvalue weighted by atomic mass is 16.5. The van der Waals surface area contributed by atoms with Crippen molar-refractivity contribution in [1.82, 2.24) is 19.6 Å². The molecule has 0 aliphatic rings. The fourth-order valence-electron chi connectivity index (χ4n) is 2.78. The van der Waals surface area contributed by atoms with Crippen molar-refractivity contribution in [2.24, 2.45) is 0 Å². The van der Waals surface area contributed by atoms with Gasteiger partial charge in [-0.15, -0.1) is 0 Å². The Morgan fingerprint density at radius 3 is 2.81 bits per heavy atom. The van der Waals surface area contributed by atoms with Crippen molar-refractivity contribution in [3.05, 3.63) is 71.3 Å². The third kappa shape index (κ3) is 3.91. The van der Waals surface area contributed by atoms with Crippen LogP contribution in [0.2, 0.25) is 0 Å². The number of benzene rings is 1. The van der Waals surface area contributed by atoms with Crippen LogP contribution in [-0.4, -0.2) is 32.5 Å². The molecule has 0 atom stereocenters. The van der Waals surface area contributed by atoms with Gasteiger partial charge >= 0.3 is 0 Å². The molecule has 0 spiro atoms. The van der Waals surface area contributed by atoms with Crippen molar-refractivity contribution in [1.29, 1.82) is 0 Å². The summed E-state index contributed by atoms with van der Waals surface area (Å²) in [6.45, 7) is 5.19. The Labute approximate surface area is 152 Å². The third-order valence-electron chi connectivity index (χ3n) is 4.16. The van der Waals surface area contributed by atoms with E-state index in [-0.39, 0.29) is 5.78 Å². The molecule has 2 aromatic heterocycles. The fraction of sp³-hybridized carbons (Fsp3) is 0.250.